The number of hydrogen-bond acceptors (Lipinski definition) is 4. The molecule has 0 radical (unpaired) electrons. The third-order valence-electron chi connectivity index (χ3n) is 3.24. The first-order valence-electron chi connectivity index (χ1n) is 6.36. The van der Waals surface area contributed by atoms with Gasteiger partial charge < -0.3 is 20.8 Å². The van der Waals surface area contributed by atoms with E-state index in [9.17, 15) is 15.0 Å². The molecule has 4 N–H and O–H groups in total. The van der Waals surface area contributed by atoms with Gasteiger partial charge in [0.2, 0.25) is 0 Å². The zero-order valence-corrected chi connectivity index (χ0v) is 11.6. The Morgan fingerprint density at radius 1 is 1.32 bits per heavy atom. The van der Waals surface area contributed by atoms with Crippen LogP contribution >= 0.6 is 0 Å². The van der Waals surface area contributed by atoms with Crippen LogP contribution in [-0.4, -0.2) is 40.7 Å². The highest BCUT2D eigenvalue weighted by Gasteiger charge is 2.20. The summed E-state index contributed by atoms with van der Waals surface area (Å²) in [4.78, 5) is 13.6. The molecule has 0 aromatic heterocycles. The first-order chi connectivity index (χ1) is 8.84. The quantitative estimate of drug-likeness (QED) is 0.754. The molecule has 1 amide bonds. The van der Waals surface area contributed by atoms with Gasteiger partial charge in [-0.3, -0.25) is 4.79 Å². The van der Waals surface area contributed by atoms with E-state index in [2.05, 4.69) is 0 Å². The maximum Gasteiger partial charge on any atom is 0.261 e. The lowest BCUT2D eigenvalue weighted by molar-refractivity contribution is 0.0783. The summed E-state index contributed by atoms with van der Waals surface area (Å²) in [5.41, 5.74) is 5.86. The van der Waals surface area contributed by atoms with E-state index in [1.807, 2.05) is 13.8 Å². The molecule has 1 unspecified atom stereocenters. The first kappa shape index (κ1) is 15.3. The van der Waals surface area contributed by atoms with Gasteiger partial charge in [0.25, 0.3) is 5.91 Å². The van der Waals surface area contributed by atoms with Crippen LogP contribution in [0.4, 0.5) is 0 Å². The van der Waals surface area contributed by atoms with Crippen molar-refractivity contribution >= 4 is 5.91 Å². The molecule has 5 heteroatoms. The average molecular weight is 266 g/mol. The van der Waals surface area contributed by atoms with Crippen molar-refractivity contribution in [2.45, 2.75) is 26.3 Å². The van der Waals surface area contributed by atoms with E-state index in [0.717, 1.165) is 0 Å². The molecule has 0 aliphatic rings. The first-order valence-corrected chi connectivity index (χ1v) is 6.36. The summed E-state index contributed by atoms with van der Waals surface area (Å²) in [6.45, 7) is 4.54. The van der Waals surface area contributed by atoms with E-state index < -0.39 is 5.91 Å². The van der Waals surface area contributed by atoms with Crippen molar-refractivity contribution in [3.63, 3.8) is 0 Å². The third kappa shape index (κ3) is 3.86. The molecular weight excluding hydrogens is 244 g/mol. The number of carbonyl (C=O) groups excluding carboxylic acids is 1. The highest BCUT2D eigenvalue weighted by Crippen LogP contribution is 2.27. The lowest BCUT2D eigenvalue weighted by Crippen LogP contribution is -2.34. The molecule has 19 heavy (non-hydrogen) atoms. The summed E-state index contributed by atoms with van der Waals surface area (Å²) in [7, 11) is 1.63. The molecule has 106 valence electrons. The van der Waals surface area contributed by atoms with Crippen LogP contribution in [0.2, 0.25) is 0 Å². The van der Waals surface area contributed by atoms with Crippen molar-refractivity contribution in [1.29, 1.82) is 0 Å². The third-order valence-corrected chi connectivity index (χ3v) is 3.24. The summed E-state index contributed by atoms with van der Waals surface area (Å²) in [5, 5.41) is 19.3. The molecule has 1 atom stereocenters. The van der Waals surface area contributed by atoms with Crippen LogP contribution in [-0.2, 0) is 0 Å². The normalized spacial score (nSPS) is 12.5. The summed E-state index contributed by atoms with van der Waals surface area (Å²) in [5.74, 6) is -0.497. The molecule has 0 saturated heterocycles. The van der Waals surface area contributed by atoms with Crippen LogP contribution in [0.15, 0.2) is 18.2 Å². The van der Waals surface area contributed by atoms with Crippen LogP contribution in [0.1, 0.15) is 30.6 Å². The molecule has 0 saturated carbocycles. The van der Waals surface area contributed by atoms with E-state index >= 15 is 0 Å². The molecule has 0 aliphatic carbocycles. The number of rotatable bonds is 5. The lowest BCUT2D eigenvalue weighted by Gasteiger charge is -2.22. The zero-order valence-electron chi connectivity index (χ0n) is 11.6. The van der Waals surface area contributed by atoms with Gasteiger partial charge in [0.1, 0.15) is 17.1 Å². The highest BCUT2D eigenvalue weighted by atomic mass is 16.3. The Morgan fingerprint density at radius 2 is 1.84 bits per heavy atom. The number of phenolic OH excluding ortho intramolecular Hbond substituents is 2. The van der Waals surface area contributed by atoms with Gasteiger partial charge in [0.05, 0.1) is 0 Å². The maximum atomic E-state index is 12.1. The number of phenols is 2. The molecule has 5 nitrogen and oxygen atoms in total. The number of amides is 1. The Bertz CT molecular complexity index is 426. The molecule has 1 aromatic rings. The number of carbonyl (C=O) groups is 1. The second-order valence-corrected chi connectivity index (χ2v) is 5.09. The average Bonchev–Trinajstić information content (AvgIpc) is 2.34. The summed E-state index contributed by atoms with van der Waals surface area (Å²) in [6.07, 6.45) is 0.675. The van der Waals surface area contributed by atoms with Gasteiger partial charge in [-0.1, -0.05) is 19.9 Å². The molecule has 0 aliphatic heterocycles. The van der Waals surface area contributed by atoms with E-state index in [0.29, 0.717) is 18.9 Å². The van der Waals surface area contributed by atoms with Gasteiger partial charge in [-0.2, -0.15) is 0 Å². The Morgan fingerprint density at radius 3 is 2.32 bits per heavy atom. The maximum absolute atomic E-state index is 12.1. The minimum Gasteiger partial charge on any atom is -0.507 e. The molecule has 0 spiro atoms. The molecule has 0 bridgehead atoms. The van der Waals surface area contributed by atoms with E-state index in [1.165, 1.54) is 23.1 Å². The Kier molecular flexibility index (Phi) is 5.18. The molecule has 1 aromatic carbocycles. The number of benzene rings is 1. The monoisotopic (exact) mass is 266 g/mol. The summed E-state index contributed by atoms with van der Waals surface area (Å²) in [6, 6.07) is 4.26. The molecule has 0 fully saturated rings. The van der Waals surface area contributed by atoms with Crippen LogP contribution in [0.3, 0.4) is 0 Å². The van der Waals surface area contributed by atoms with Crippen LogP contribution in [0, 0.1) is 5.92 Å². The van der Waals surface area contributed by atoms with Gasteiger partial charge in [-0.15, -0.1) is 0 Å². The fraction of sp³-hybridized carbons (Fsp3) is 0.500. The highest BCUT2D eigenvalue weighted by molar-refractivity contribution is 5.99. The Labute approximate surface area is 113 Å². The van der Waals surface area contributed by atoms with Crippen molar-refractivity contribution in [2.75, 3.05) is 13.6 Å². The predicted molar refractivity (Wildman–Crippen MR) is 74.2 cm³/mol. The fourth-order valence-electron chi connectivity index (χ4n) is 1.72. The minimum absolute atomic E-state index is 0.0215. The molecule has 0 heterocycles. The second-order valence-electron chi connectivity index (χ2n) is 5.09. The smallest absolute Gasteiger partial charge is 0.261 e. The van der Waals surface area contributed by atoms with Crippen molar-refractivity contribution < 1.29 is 15.0 Å². The predicted octanol–water partition coefficient (Wildman–Crippen LogP) is 1.54. The second kappa shape index (κ2) is 6.43. The van der Waals surface area contributed by atoms with Crippen molar-refractivity contribution in [3.8, 4) is 11.5 Å². The lowest BCUT2D eigenvalue weighted by atomic mass is 10.0. The molecular formula is C14H22N2O3. The SMILES string of the molecule is CC(C)C(N)CCN(C)C(=O)c1c(O)cccc1O. The number of nitrogens with two attached hydrogens (primary N) is 1. The van der Waals surface area contributed by atoms with Gasteiger partial charge in [0, 0.05) is 19.6 Å². The zero-order chi connectivity index (χ0) is 14.6. The fourth-order valence-corrected chi connectivity index (χ4v) is 1.72. The number of hydrogen-bond donors (Lipinski definition) is 3. The van der Waals surface area contributed by atoms with Crippen LogP contribution in [0.25, 0.3) is 0 Å². The van der Waals surface area contributed by atoms with Crippen LogP contribution in [0.5, 0.6) is 11.5 Å². The van der Waals surface area contributed by atoms with E-state index in [-0.39, 0.29) is 23.1 Å². The number of nitrogens with zero attached hydrogens (tertiary/aromatic N) is 1. The van der Waals surface area contributed by atoms with E-state index in [1.54, 1.807) is 7.05 Å². The van der Waals surface area contributed by atoms with Crippen molar-refractivity contribution in [2.24, 2.45) is 11.7 Å². The largest absolute Gasteiger partial charge is 0.507 e. The van der Waals surface area contributed by atoms with Crippen molar-refractivity contribution in [3.05, 3.63) is 23.8 Å². The Balaban J connectivity index is 2.72. The number of aromatic hydroxyl groups is 2. The van der Waals surface area contributed by atoms with Gasteiger partial charge in [-0.25, -0.2) is 0 Å². The minimum atomic E-state index is -0.411. The summed E-state index contributed by atoms with van der Waals surface area (Å²) < 4.78 is 0. The van der Waals surface area contributed by atoms with Gasteiger partial charge in [0.15, 0.2) is 0 Å². The Hall–Kier alpha value is -1.75. The standard InChI is InChI=1S/C14H22N2O3/c1-9(2)10(15)7-8-16(3)14(19)13-11(17)5-4-6-12(13)18/h4-6,9-10,17-18H,7-8,15H2,1-3H3. The van der Waals surface area contributed by atoms with Crippen molar-refractivity contribution in [1.82, 2.24) is 4.90 Å². The topological polar surface area (TPSA) is 86.8 Å². The van der Waals surface area contributed by atoms with Crippen LogP contribution < -0.4 is 5.73 Å². The summed E-state index contributed by atoms with van der Waals surface area (Å²) >= 11 is 0. The van der Waals surface area contributed by atoms with E-state index in [4.69, 9.17) is 5.73 Å². The van der Waals surface area contributed by atoms with Gasteiger partial charge in [-0.05, 0) is 24.5 Å². The van der Waals surface area contributed by atoms with Gasteiger partial charge >= 0.3 is 0 Å². The molecule has 1 rings (SSSR count).